The summed E-state index contributed by atoms with van der Waals surface area (Å²) >= 11 is 3.44. The number of rotatable bonds is 3. The number of amides is 1. The molecule has 3 nitrogen and oxygen atoms in total. The maximum absolute atomic E-state index is 12.5. The van der Waals surface area contributed by atoms with Crippen molar-refractivity contribution in [3.63, 3.8) is 0 Å². The number of carbonyl (C=O) groups is 1. The molecule has 0 radical (unpaired) electrons. The maximum atomic E-state index is 12.5. The molecule has 0 unspecified atom stereocenters. The molecule has 4 heteroatoms. The van der Waals surface area contributed by atoms with E-state index in [0.29, 0.717) is 17.7 Å². The van der Waals surface area contributed by atoms with E-state index in [1.54, 1.807) is 6.20 Å². The first-order valence-electron chi connectivity index (χ1n) is 8.02. The summed E-state index contributed by atoms with van der Waals surface area (Å²) in [5.41, 5.74) is 0.292. The highest BCUT2D eigenvalue weighted by molar-refractivity contribution is 9.10. The molecule has 4 fully saturated rings. The topological polar surface area (TPSA) is 42.0 Å². The molecule has 0 atom stereocenters. The van der Waals surface area contributed by atoms with E-state index in [9.17, 15) is 4.79 Å². The Morgan fingerprint density at radius 2 is 1.86 bits per heavy atom. The van der Waals surface area contributed by atoms with Gasteiger partial charge in [-0.15, -0.1) is 0 Å². The fourth-order valence-electron chi connectivity index (χ4n) is 5.50. The number of nitrogens with one attached hydrogen (secondary N) is 1. The number of pyridine rings is 1. The molecule has 0 aliphatic heterocycles. The molecule has 4 aliphatic rings. The van der Waals surface area contributed by atoms with Crippen LogP contribution in [0.25, 0.3) is 0 Å². The van der Waals surface area contributed by atoms with Crippen LogP contribution in [0, 0.1) is 23.2 Å². The smallest absolute Gasteiger partial charge is 0.226 e. The number of nitrogens with zero attached hydrogens (tertiary/aromatic N) is 1. The van der Waals surface area contributed by atoms with Gasteiger partial charge in [-0.25, -0.2) is 4.98 Å². The van der Waals surface area contributed by atoms with E-state index in [1.165, 1.54) is 38.5 Å². The maximum Gasteiger partial charge on any atom is 0.226 e. The number of hydrogen-bond acceptors (Lipinski definition) is 2. The van der Waals surface area contributed by atoms with E-state index < -0.39 is 0 Å². The number of carbonyl (C=O) groups excluding carboxylic acids is 1. The molecule has 4 aliphatic carbocycles. The van der Waals surface area contributed by atoms with Crippen molar-refractivity contribution in [2.75, 3.05) is 5.32 Å². The van der Waals surface area contributed by atoms with Gasteiger partial charge in [-0.3, -0.25) is 4.79 Å². The van der Waals surface area contributed by atoms with E-state index in [0.717, 1.165) is 22.2 Å². The Kier molecular flexibility index (Phi) is 3.32. The van der Waals surface area contributed by atoms with Crippen LogP contribution in [-0.2, 0) is 4.79 Å². The van der Waals surface area contributed by atoms with E-state index in [1.807, 2.05) is 12.1 Å². The van der Waals surface area contributed by atoms with Crippen LogP contribution in [0.5, 0.6) is 0 Å². The largest absolute Gasteiger partial charge is 0.310 e. The van der Waals surface area contributed by atoms with Crippen LogP contribution in [0.4, 0.5) is 5.82 Å². The summed E-state index contributed by atoms with van der Waals surface area (Å²) in [6.45, 7) is 0. The second-order valence-electron chi connectivity index (χ2n) is 7.48. The minimum atomic E-state index is 0.136. The van der Waals surface area contributed by atoms with Crippen LogP contribution < -0.4 is 5.32 Å². The van der Waals surface area contributed by atoms with Crippen molar-refractivity contribution < 1.29 is 4.79 Å². The molecular formula is C17H21BrN2O. The molecule has 4 saturated carbocycles. The van der Waals surface area contributed by atoms with Gasteiger partial charge in [0.25, 0.3) is 0 Å². The fourth-order valence-corrected chi connectivity index (χ4v) is 5.86. The predicted molar refractivity (Wildman–Crippen MR) is 85.8 cm³/mol. The van der Waals surface area contributed by atoms with Crippen molar-refractivity contribution in [3.8, 4) is 0 Å². The van der Waals surface area contributed by atoms with Crippen LogP contribution in [0.1, 0.15) is 44.9 Å². The third kappa shape index (κ3) is 2.63. The molecule has 1 aromatic rings. The number of aromatic nitrogens is 1. The van der Waals surface area contributed by atoms with Crippen LogP contribution in [-0.4, -0.2) is 10.9 Å². The minimum Gasteiger partial charge on any atom is -0.310 e. The van der Waals surface area contributed by atoms with Gasteiger partial charge in [0, 0.05) is 12.6 Å². The summed E-state index contributed by atoms with van der Waals surface area (Å²) in [5, 5.41) is 2.99. The SMILES string of the molecule is O=C(CC12CC3CC(CC(C3)C1)C2)Nc1ncccc1Br. The summed E-state index contributed by atoms with van der Waals surface area (Å²) in [6.07, 6.45) is 10.5. The van der Waals surface area contributed by atoms with Gasteiger partial charge in [0.15, 0.2) is 0 Å². The monoisotopic (exact) mass is 348 g/mol. The van der Waals surface area contributed by atoms with Crippen molar-refractivity contribution in [2.45, 2.75) is 44.9 Å². The van der Waals surface area contributed by atoms with Gasteiger partial charge in [0.1, 0.15) is 5.82 Å². The molecule has 1 aromatic heterocycles. The molecule has 21 heavy (non-hydrogen) atoms. The van der Waals surface area contributed by atoms with Gasteiger partial charge in [0.2, 0.25) is 5.91 Å². The highest BCUT2D eigenvalue weighted by atomic mass is 79.9. The summed E-state index contributed by atoms with van der Waals surface area (Å²) in [6, 6.07) is 3.77. The summed E-state index contributed by atoms with van der Waals surface area (Å²) in [7, 11) is 0. The molecule has 1 heterocycles. The molecule has 4 bridgehead atoms. The highest BCUT2D eigenvalue weighted by Crippen LogP contribution is 2.61. The lowest BCUT2D eigenvalue weighted by atomic mass is 9.49. The zero-order valence-electron chi connectivity index (χ0n) is 12.1. The number of hydrogen-bond donors (Lipinski definition) is 1. The molecule has 0 saturated heterocycles. The summed E-state index contributed by atoms with van der Waals surface area (Å²) in [5.74, 6) is 3.46. The Balaban J connectivity index is 1.46. The van der Waals surface area contributed by atoms with Crippen LogP contribution in [0.2, 0.25) is 0 Å². The van der Waals surface area contributed by atoms with Crippen molar-refractivity contribution in [2.24, 2.45) is 23.2 Å². The molecule has 0 spiro atoms. The number of anilines is 1. The zero-order valence-corrected chi connectivity index (χ0v) is 13.7. The fraction of sp³-hybridized carbons (Fsp3) is 0.647. The first-order chi connectivity index (χ1) is 10.1. The number of halogens is 1. The average Bonchev–Trinajstić information content (AvgIpc) is 2.39. The van der Waals surface area contributed by atoms with Gasteiger partial charge < -0.3 is 5.32 Å². The van der Waals surface area contributed by atoms with E-state index in [-0.39, 0.29) is 5.91 Å². The third-order valence-corrected chi connectivity index (χ3v) is 6.36. The zero-order chi connectivity index (χ0) is 14.4. The Morgan fingerprint density at radius 3 is 2.43 bits per heavy atom. The van der Waals surface area contributed by atoms with Gasteiger partial charge in [0.05, 0.1) is 4.47 Å². The van der Waals surface area contributed by atoms with Gasteiger partial charge >= 0.3 is 0 Å². The molecule has 1 amide bonds. The Morgan fingerprint density at radius 1 is 1.24 bits per heavy atom. The van der Waals surface area contributed by atoms with Gasteiger partial charge in [-0.05, 0) is 89.8 Å². The van der Waals surface area contributed by atoms with Gasteiger partial charge in [-0.1, -0.05) is 0 Å². The van der Waals surface area contributed by atoms with Crippen LogP contribution in [0.15, 0.2) is 22.8 Å². The lowest BCUT2D eigenvalue weighted by Crippen LogP contribution is -2.47. The van der Waals surface area contributed by atoms with Crippen LogP contribution >= 0.6 is 15.9 Å². The van der Waals surface area contributed by atoms with Gasteiger partial charge in [-0.2, -0.15) is 0 Å². The Bertz CT molecular complexity index is 536. The summed E-state index contributed by atoms with van der Waals surface area (Å²) in [4.78, 5) is 16.7. The lowest BCUT2D eigenvalue weighted by molar-refractivity contribution is -0.124. The third-order valence-electron chi connectivity index (χ3n) is 5.72. The van der Waals surface area contributed by atoms with Crippen molar-refractivity contribution in [3.05, 3.63) is 22.8 Å². The predicted octanol–water partition coefficient (Wildman–Crippen LogP) is 4.39. The van der Waals surface area contributed by atoms with E-state index >= 15 is 0 Å². The first-order valence-corrected chi connectivity index (χ1v) is 8.82. The molecular weight excluding hydrogens is 328 g/mol. The summed E-state index contributed by atoms with van der Waals surface area (Å²) < 4.78 is 0.851. The Labute approximate surface area is 134 Å². The van der Waals surface area contributed by atoms with E-state index in [2.05, 4.69) is 26.2 Å². The molecule has 0 aromatic carbocycles. The van der Waals surface area contributed by atoms with Crippen LogP contribution in [0.3, 0.4) is 0 Å². The molecule has 1 N–H and O–H groups in total. The Hall–Kier alpha value is -0.900. The van der Waals surface area contributed by atoms with E-state index in [4.69, 9.17) is 0 Å². The molecule has 112 valence electrons. The average molecular weight is 349 g/mol. The first kappa shape index (κ1) is 13.7. The second kappa shape index (κ2) is 5.08. The second-order valence-corrected chi connectivity index (χ2v) is 8.33. The van der Waals surface area contributed by atoms with Crippen molar-refractivity contribution in [1.29, 1.82) is 0 Å². The van der Waals surface area contributed by atoms with Crippen molar-refractivity contribution in [1.82, 2.24) is 4.98 Å². The molecule has 5 rings (SSSR count). The highest BCUT2D eigenvalue weighted by Gasteiger charge is 2.51. The quantitative estimate of drug-likeness (QED) is 0.879. The van der Waals surface area contributed by atoms with Crippen molar-refractivity contribution >= 4 is 27.7 Å². The standard InChI is InChI=1S/C17H21BrN2O/c18-14-2-1-3-19-16(14)20-15(21)10-17-7-11-4-12(8-17)6-13(5-11)9-17/h1-3,11-13H,4-10H2,(H,19,20,21). The lowest BCUT2D eigenvalue weighted by Gasteiger charge is -2.56. The normalized spacial score (nSPS) is 36.7. The minimum absolute atomic E-state index is 0.136.